The highest BCUT2D eigenvalue weighted by Gasteiger charge is 2.19. The van der Waals surface area contributed by atoms with Crippen LogP contribution in [0.2, 0.25) is 0 Å². The molecule has 0 unspecified atom stereocenters. The van der Waals surface area contributed by atoms with E-state index in [-0.39, 0.29) is 23.6 Å². The quantitative estimate of drug-likeness (QED) is 0.314. The minimum absolute atomic E-state index is 0.117. The summed E-state index contributed by atoms with van der Waals surface area (Å²) in [4.78, 5) is 24.9. The number of anilines is 1. The van der Waals surface area contributed by atoms with E-state index in [4.69, 9.17) is 9.47 Å². The topological polar surface area (TPSA) is 121 Å². The fraction of sp³-hybridized carbons (Fsp3) is 0.174. The molecular formula is C23H21N5O5. The molecule has 10 nitrogen and oxygen atoms in total. The molecule has 0 saturated heterocycles. The van der Waals surface area contributed by atoms with Crippen molar-refractivity contribution in [2.75, 3.05) is 18.5 Å². The molecule has 0 fully saturated rings. The van der Waals surface area contributed by atoms with Crippen LogP contribution in [0.3, 0.4) is 0 Å². The molecule has 168 valence electrons. The van der Waals surface area contributed by atoms with Gasteiger partial charge in [-0.3, -0.25) is 14.9 Å². The van der Waals surface area contributed by atoms with Gasteiger partial charge < -0.3 is 14.8 Å². The average Bonchev–Trinajstić information content (AvgIpc) is 3.23. The van der Waals surface area contributed by atoms with E-state index >= 15 is 0 Å². The predicted molar refractivity (Wildman–Crippen MR) is 122 cm³/mol. The Morgan fingerprint density at radius 3 is 2.39 bits per heavy atom. The number of nitro groups is 1. The Balaban J connectivity index is 1.55. The molecule has 1 amide bonds. The number of carbonyl (C=O) groups excluding carboxylic acids is 1. The molecule has 0 saturated carbocycles. The Bertz CT molecular complexity index is 1320. The molecule has 3 aromatic carbocycles. The number of amides is 1. The molecule has 4 aromatic rings. The highest BCUT2D eigenvalue weighted by atomic mass is 16.6. The number of aromatic nitrogens is 3. The lowest BCUT2D eigenvalue weighted by Gasteiger charge is -2.07. The van der Waals surface area contributed by atoms with Gasteiger partial charge in [-0.05, 0) is 68.4 Å². The van der Waals surface area contributed by atoms with Crippen LogP contribution in [0.15, 0.2) is 60.7 Å². The van der Waals surface area contributed by atoms with Gasteiger partial charge in [-0.2, -0.15) is 4.80 Å². The number of nitrogens with one attached hydrogen (secondary N) is 1. The standard InChI is InChI=1S/C23H21N5O5/c1-3-32-18-9-7-17(8-10-18)27-25-19-11-6-16(14-20(19)26-27)24-23(29)15-5-12-22(33-4-2)21(13-15)28(30)31/h5-14H,3-4H2,1-2H3,(H,24,29). The first-order valence-corrected chi connectivity index (χ1v) is 10.3. The Hall–Kier alpha value is -4.47. The van der Waals surface area contributed by atoms with Gasteiger partial charge >= 0.3 is 5.69 Å². The van der Waals surface area contributed by atoms with E-state index in [0.717, 1.165) is 11.4 Å². The molecule has 4 rings (SSSR count). The lowest BCUT2D eigenvalue weighted by Crippen LogP contribution is -2.12. The molecule has 0 radical (unpaired) electrons. The molecule has 0 bridgehead atoms. The van der Waals surface area contributed by atoms with E-state index in [1.807, 2.05) is 31.2 Å². The van der Waals surface area contributed by atoms with Crippen LogP contribution in [0.1, 0.15) is 24.2 Å². The summed E-state index contributed by atoms with van der Waals surface area (Å²) in [5.74, 6) is 0.392. The number of carbonyl (C=O) groups is 1. The van der Waals surface area contributed by atoms with Crippen molar-refractivity contribution in [1.82, 2.24) is 15.0 Å². The van der Waals surface area contributed by atoms with Crippen molar-refractivity contribution < 1.29 is 19.2 Å². The normalized spacial score (nSPS) is 10.7. The number of fused-ring (bicyclic) bond motifs is 1. The largest absolute Gasteiger partial charge is 0.494 e. The number of ether oxygens (including phenoxy) is 2. The predicted octanol–water partition coefficient (Wildman–Crippen LogP) is 4.38. The first-order valence-electron chi connectivity index (χ1n) is 10.3. The fourth-order valence-corrected chi connectivity index (χ4v) is 3.23. The van der Waals surface area contributed by atoms with Crippen LogP contribution in [-0.2, 0) is 0 Å². The minimum Gasteiger partial charge on any atom is -0.494 e. The van der Waals surface area contributed by atoms with E-state index in [0.29, 0.717) is 23.3 Å². The second kappa shape index (κ2) is 9.35. The second-order valence-electron chi connectivity index (χ2n) is 6.95. The van der Waals surface area contributed by atoms with Gasteiger partial charge in [-0.15, -0.1) is 10.2 Å². The van der Waals surface area contributed by atoms with Crippen LogP contribution in [0, 0.1) is 10.1 Å². The molecule has 0 spiro atoms. The summed E-state index contributed by atoms with van der Waals surface area (Å²) >= 11 is 0. The summed E-state index contributed by atoms with van der Waals surface area (Å²) in [5.41, 5.74) is 2.37. The summed E-state index contributed by atoms with van der Waals surface area (Å²) in [6.45, 7) is 4.52. The van der Waals surface area contributed by atoms with Crippen molar-refractivity contribution >= 4 is 28.3 Å². The summed E-state index contributed by atoms with van der Waals surface area (Å²) in [6, 6.07) is 16.6. The third-order valence-electron chi connectivity index (χ3n) is 4.73. The zero-order valence-electron chi connectivity index (χ0n) is 18.0. The Morgan fingerprint density at radius 2 is 1.70 bits per heavy atom. The SMILES string of the molecule is CCOc1ccc(-n2nc3ccc(NC(=O)c4ccc(OCC)c([N+](=O)[O-])c4)cc3n2)cc1. The van der Waals surface area contributed by atoms with Crippen molar-refractivity contribution in [3.05, 3.63) is 76.3 Å². The molecule has 33 heavy (non-hydrogen) atoms. The number of rotatable bonds is 8. The van der Waals surface area contributed by atoms with Gasteiger partial charge in [-0.1, -0.05) is 0 Å². The lowest BCUT2D eigenvalue weighted by molar-refractivity contribution is -0.385. The van der Waals surface area contributed by atoms with Crippen molar-refractivity contribution in [1.29, 1.82) is 0 Å². The average molecular weight is 447 g/mol. The summed E-state index contributed by atoms with van der Waals surface area (Å²) in [6.07, 6.45) is 0. The Morgan fingerprint density at radius 1 is 0.970 bits per heavy atom. The van der Waals surface area contributed by atoms with Crippen LogP contribution >= 0.6 is 0 Å². The molecule has 1 aromatic heterocycles. The van der Waals surface area contributed by atoms with E-state index in [1.54, 1.807) is 25.1 Å². The van der Waals surface area contributed by atoms with E-state index < -0.39 is 10.8 Å². The molecule has 0 aliphatic heterocycles. The van der Waals surface area contributed by atoms with Crippen molar-refractivity contribution in [2.45, 2.75) is 13.8 Å². The maximum absolute atomic E-state index is 12.7. The van der Waals surface area contributed by atoms with Gasteiger partial charge in [-0.25, -0.2) is 0 Å². The first kappa shape index (κ1) is 21.8. The number of hydrogen-bond donors (Lipinski definition) is 1. The van der Waals surface area contributed by atoms with Crippen LogP contribution in [0.25, 0.3) is 16.7 Å². The van der Waals surface area contributed by atoms with Gasteiger partial charge in [0.25, 0.3) is 5.91 Å². The van der Waals surface area contributed by atoms with Gasteiger partial charge in [0.15, 0.2) is 5.75 Å². The number of nitro benzene ring substituents is 1. The van der Waals surface area contributed by atoms with E-state index in [2.05, 4.69) is 15.5 Å². The van der Waals surface area contributed by atoms with Gasteiger partial charge in [0.1, 0.15) is 16.8 Å². The van der Waals surface area contributed by atoms with Gasteiger partial charge in [0, 0.05) is 17.3 Å². The first-order chi connectivity index (χ1) is 16.0. The van der Waals surface area contributed by atoms with Crippen LogP contribution < -0.4 is 14.8 Å². The number of hydrogen-bond acceptors (Lipinski definition) is 7. The highest BCUT2D eigenvalue weighted by Crippen LogP contribution is 2.28. The van der Waals surface area contributed by atoms with Gasteiger partial charge in [0.2, 0.25) is 0 Å². The Labute approximate surface area is 188 Å². The zero-order valence-corrected chi connectivity index (χ0v) is 18.0. The molecule has 0 aliphatic carbocycles. The monoisotopic (exact) mass is 447 g/mol. The lowest BCUT2D eigenvalue weighted by atomic mass is 10.1. The maximum Gasteiger partial charge on any atom is 0.311 e. The molecule has 1 N–H and O–H groups in total. The molecule has 0 atom stereocenters. The van der Waals surface area contributed by atoms with Crippen molar-refractivity contribution in [2.24, 2.45) is 0 Å². The van der Waals surface area contributed by atoms with Crippen LogP contribution in [0.5, 0.6) is 11.5 Å². The van der Waals surface area contributed by atoms with Crippen LogP contribution in [0.4, 0.5) is 11.4 Å². The fourth-order valence-electron chi connectivity index (χ4n) is 3.23. The molecule has 0 aliphatic rings. The third-order valence-corrected chi connectivity index (χ3v) is 4.73. The van der Waals surface area contributed by atoms with Crippen molar-refractivity contribution in [3.63, 3.8) is 0 Å². The summed E-state index contributed by atoms with van der Waals surface area (Å²) in [5, 5.41) is 23.0. The number of benzene rings is 3. The molecule has 1 heterocycles. The Kier molecular flexibility index (Phi) is 6.16. The van der Waals surface area contributed by atoms with Crippen LogP contribution in [-0.4, -0.2) is 39.0 Å². The zero-order chi connectivity index (χ0) is 23.4. The maximum atomic E-state index is 12.7. The highest BCUT2D eigenvalue weighted by molar-refractivity contribution is 6.05. The molecule has 10 heteroatoms. The van der Waals surface area contributed by atoms with Crippen molar-refractivity contribution in [3.8, 4) is 17.2 Å². The van der Waals surface area contributed by atoms with E-state index in [9.17, 15) is 14.9 Å². The molecular weight excluding hydrogens is 426 g/mol. The summed E-state index contributed by atoms with van der Waals surface area (Å²) in [7, 11) is 0. The number of nitrogens with zero attached hydrogens (tertiary/aromatic N) is 4. The smallest absolute Gasteiger partial charge is 0.311 e. The second-order valence-corrected chi connectivity index (χ2v) is 6.95. The minimum atomic E-state index is -0.576. The summed E-state index contributed by atoms with van der Waals surface area (Å²) < 4.78 is 10.7. The van der Waals surface area contributed by atoms with E-state index in [1.165, 1.54) is 23.0 Å². The third kappa shape index (κ3) is 4.74. The van der Waals surface area contributed by atoms with Gasteiger partial charge in [0.05, 0.1) is 23.8 Å².